The number of pyridine rings is 1. The van der Waals surface area contributed by atoms with Crippen molar-refractivity contribution in [1.29, 1.82) is 5.26 Å². The summed E-state index contributed by atoms with van der Waals surface area (Å²) in [5.74, 6) is 0. The highest BCUT2D eigenvalue weighted by atomic mass is 32.1. The van der Waals surface area contributed by atoms with Crippen molar-refractivity contribution in [2.45, 2.75) is 0 Å². The van der Waals surface area contributed by atoms with E-state index in [9.17, 15) is 0 Å². The van der Waals surface area contributed by atoms with E-state index in [1.807, 2.05) is 10.8 Å². The third-order valence-electron chi connectivity index (χ3n) is 2.42. The van der Waals surface area contributed by atoms with Gasteiger partial charge < -0.3 is 5.73 Å². The molecule has 0 aliphatic rings. The number of thiazole rings is 2. The Hall–Kier alpha value is -2.30. The van der Waals surface area contributed by atoms with Gasteiger partial charge >= 0.3 is 0 Å². The molecule has 2 N–H and O–H groups in total. The SMILES string of the molecule is N#Cc1cccnc1-c1csc(-c2csc(N)n2)n1. The van der Waals surface area contributed by atoms with Gasteiger partial charge in [-0.15, -0.1) is 22.7 Å². The van der Waals surface area contributed by atoms with Crippen molar-refractivity contribution >= 4 is 27.8 Å². The lowest BCUT2D eigenvalue weighted by atomic mass is 10.2. The Bertz CT molecular complexity index is 768. The summed E-state index contributed by atoms with van der Waals surface area (Å²) < 4.78 is 0. The molecule has 5 nitrogen and oxygen atoms in total. The Kier molecular flexibility index (Phi) is 2.95. The van der Waals surface area contributed by atoms with Crippen LogP contribution < -0.4 is 5.73 Å². The fraction of sp³-hybridized carbons (Fsp3) is 0. The van der Waals surface area contributed by atoms with Gasteiger partial charge in [-0.05, 0) is 12.1 Å². The molecule has 92 valence electrons. The van der Waals surface area contributed by atoms with Gasteiger partial charge in [0.15, 0.2) is 5.13 Å². The van der Waals surface area contributed by atoms with Crippen LogP contribution in [0.25, 0.3) is 22.1 Å². The number of nitrogens with zero attached hydrogens (tertiary/aromatic N) is 4. The van der Waals surface area contributed by atoms with Gasteiger partial charge in [0.25, 0.3) is 0 Å². The summed E-state index contributed by atoms with van der Waals surface area (Å²) in [5.41, 5.74) is 8.15. The minimum absolute atomic E-state index is 0.511. The average molecular weight is 285 g/mol. The molecule has 0 saturated heterocycles. The third-order valence-corrected chi connectivity index (χ3v) is 3.95. The fourth-order valence-corrected chi connectivity index (χ4v) is 2.97. The molecule has 19 heavy (non-hydrogen) atoms. The summed E-state index contributed by atoms with van der Waals surface area (Å²) in [7, 11) is 0. The lowest BCUT2D eigenvalue weighted by Crippen LogP contribution is -1.88. The van der Waals surface area contributed by atoms with Crippen LogP contribution in [0.5, 0.6) is 0 Å². The van der Waals surface area contributed by atoms with Crippen LogP contribution in [0.3, 0.4) is 0 Å². The molecule has 7 heteroatoms. The number of rotatable bonds is 2. The van der Waals surface area contributed by atoms with Gasteiger partial charge in [-0.2, -0.15) is 5.26 Å². The summed E-state index contributed by atoms with van der Waals surface area (Å²) in [6, 6.07) is 5.57. The first-order valence-corrected chi connectivity index (χ1v) is 7.06. The van der Waals surface area contributed by atoms with Crippen molar-refractivity contribution in [2.75, 3.05) is 5.73 Å². The van der Waals surface area contributed by atoms with Crippen LogP contribution in [-0.2, 0) is 0 Å². The van der Waals surface area contributed by atoms with Crippen LogP contribution in [0.4, 0.5) is 5.13 Å². The Morgan fingerprint density at radius 2 is 2.00 bits per heavy atom. The monoisotopic (exact) mass is 285 g/mol. The van der Waals surface area contributed by atoms with Crippen LogP contribution in [0.15, 0.2) is 29.1 Å². The average Bonchev–Trinajstić information content (AvgIpc) is 3.07. The van der Waals surface area contributed by atoms with E-state index in [1.54, 1.807) is 18.3 Å². The molecule has 0 aliphatic heterocycles. The maximum Gasteiger partial charge on any atom is 0.180 e. The summed E-state index contributed by atoms with van der Waals surface area (Å²) in [6.07, 6.45) is 1.65. The zero-order chi connectivity index (χ0) is 13.2. The Labute approximate surface area is 117 Å². The highest BCUT2D eigenvalue weighted by Gasteiger charge is 2.12. The first kappa shape index (κ1) is 11.8. The van der Waals surface area contributed by atoms with Gasteiger partial charge in [-0.25, -0.2) is 9.97 Å². The number of nitriles is 1. The molecule has 3 heterocycles. The predicted molar refractivity (Wildman–Crippen MR) is 75.6 cm³/mol. The Balaban J connectivity index is 2.04. The van der Waals surface area contributed by atoms with Gasteiger partial charge in [0, 0.05) is 17.0 Å². The van der Waals surface area contributed by atoms with E-state index < -0.39 is 0 Å². The molecule has 0 bridgehead atoms. The van der Waals surface area contributed by atoms with Gasteiger partial charge in [-0.3, -0.25) is 4.98 Å². The molecular formula is C12H7N5S2. The normalized spacial score (nSPS) is 10.3. The second-order valence-electron chi connectivity index (χ2n) is 3.62. The first-order valence-electron chi connectivity index (χ1n) is 5.30. The van der Waals surface area contributed by atoms with E-state index in [0.29, 0.717) is 22.1 Å². The maximum absolute atomic E-state index is 9.07. The standard InChI is InChI=1S/C12H7N5S2/c13-4-7-2-1-3-15-10(7)8-5-18-11(16-8)9-6-19-12(14)17-9/h1-3,5-6H,(H2,14,17). The molecule has 0 amide bonds. The van der Waals surface area contributed by atoms with Gasteiger partial charge in [0.05, 0.1) is 5.56 Å². The Morgan fingerprint density at radius 1 is 1.16 bits per heavy atom. The molecule has 0 atom stereocenters. The minimum atomic E-state index is 0.511. The van der Waals surface area contributed by atoms with Crippen molar-refractivity contribution in [2.24, 2.45) is 0 Å². The molecule has 0 unspecified atom stereocenters. The predicted octanol–water partition coefficient (Wildman–Crippen LogP) is 2.78. The van der Waals surface area contributed by atoms with Crippen molar-refractivity contribution in [3.05, 3.63) is 34.7 Å². The van der Waals surface area contributed by atoms with Gasteiger partial charge in [-0.1, -0.05) is 0 Å². The molecule has 0 spiro atoms. The Morgan fingerprint density at radius 3 is 2.74 bits per heavy atom. The van der Waals surface area contributed by atoms with Gasteiger partial charge in [0.1, 0.15) is 28.2 Å². The number of nitrogens with two attached hydrogens (primary N) is 1. The van der Waals surface area contributed by atoms with Gasteiger partial charge in [0.2, 0.25) is 0 Å². The molecule has 0 saturated carbocycles. The molecular weight excluding hydrogens is 278 g/mol. The fourth-order valence-electron chi connectivity index (χ4n) is 1.59. The van der Waals surface area contributed by atoms with E-state index in [-0.39, 0.29) is 0 Å². The highest BCUT2D eigenvalue weighted by molar-refractivity contribution is 7.15. The second-order valence-corrected chi connectivity index (χ2v) is 5.37. The van der Waals surface area contributed by atoms with Crippen LogP contribution in [0.1, 0.15) is 5.56 Å². The van der Waals surface area contributed by atoms with E-state index in [4.69, 9.17) is 11.0 Å². The van der Waals surface area contributed by atoms with Crippen molar-refractivity contribution in [1.82, 2.24) is 15.0 Å². The summed E-state index contributed by atoms with van der Waals surface area (Å²) in [6.45, 7) is 0. The molecule has 0 aromatic carbocycles. The van der Waals surface area contributed by atoms with Crippen LogP contribution in [0.2, 0.25) is 0 Å². The molecule has 0 radical (unpaired) electrons. The van der Waals surface area contributed by atoms with E-state index in [2.05, 4.69) is 21.0 Å². The number of aromatic nitrogens is 3. The minimum Gasteiger partial charge on any atom is -0.375 e. The summed E-state index contributed by atoms with van der Waals surface area (Å²) in [5, 5.41) is 14.1. The largest absolute Gasteiger partial charge is 0.375 e. The van der Waals surface area contributed by atoms with Crippen LogP contribution >= 0.6 is 22.7 Å². The van der Waals surface area contributed by atoms with E-state index >= 15 is 0 Å². The topological polar surface area (TPSA) is 88.5 Å². The van der Waals surface area contributed by atoms with Crippen molar-refractivity contribution in [3.63, 3.8) is 0 Å². The lowest BCUT2D eigenvalue weighted by molar-refractivity contribution is 1.25. The zero-order valence-corrected chi connectivity index (χ0v) is 11.2. The lowest BCUT2D eigenvalue weighted by Gasteiger charge is -1.97. The molecule has 3 aromatic heterocycles. The summed E-state index contributed by atoms with van der Waals surface area (Å²) in [4.78, 5) is 12.9. The molecule has 3 aromatic rings. The number of nitrogen functional groups attached to an aromatic ring is 1. The van der Waals surface area contributed by atoms with E-state index in [0.717, 1.165) is 10.7 Å². The maximum atomic E-state index is 9.07. The smallest absolute Gasteiger partial charge is 0.180 e. The molecule has 0 aliphatic carbocycles. The first-order chi connectivity index (χ1) is 9.28. The number of hydrogen-bond acceptors (Lipinski definition) is 7. The van der Waals surface area contributed by atoms with Crippen molar-refractivity contribution in [3.8, 4) is 28.2 Å². The molecule has 0 fully saturated rings. The second kappa shape index (κ2) is 4.76. The van der Waals surface area contributed by atoms with Crippen LogP contribution in [0, 0.1) is 11.3 Å². The van der Waals surface area contributed by atoms with Crippen molar-refractivity contribution < 1.29 is 0 Å². The molecule has 3 rings (SSSR count). The summed E-state index contributed by atoms with van der Waals surface area (Å²) >= 11 is 2.84. The quantitative estimate of drug-likeness (QED) is 0.782. The third kappa shape index (κ3) is 2.19. The highest BCUT2D eigenvalue weighted by Crippen LogP contribution is 2.30. The van der Waals surface area contributed by atoms with E-state index in [1.165, 1.54) is 22.7 Å². The number of anilines is 1. The van der Waals surface area contributed by atoms with Crippen LogP contribution in [-0.4, -0.2) is 15.0 Å². The number of hydrogen-bond donors (Lipinski definition) is 1. The zero-order valence-electron chi connectivity index (χ0n) is 9.57.